The Hall–Kier alpha value is -0.180. The molecule has 0 aromatic heterocycles. The Kier molecular flexibility index (Phi) is 6.93. The SMILES string of the molecule is CCSCCCNCc1ccc(Cl)c(C)c1. The molecule has 0 aliphatic heterocycles. The van der Waals surface area contributed by atoms with E-state index in [-0.39, 0.29) is 0 Å². The average molecular weight is 258 g/mol. The minimum atomic E-state index is 0.850. The quantitative estimate of drug-likeness (QED) is 0.744. The molecular weight excluding hydrogens is 238 g/mol. The van der Waals surface area contributed by atoms with Crippen molar-refractivity contribution in [3.63, 3.8) is 0 Å². The van der Waals surface area contributed by atoms with Crippen LogP contribution in [0.25, 0.3) is 0 Å². The van der Waals surface area contributed by atoms with Gasteiger partial charge in [-0.15, -0.1) is 0 Å². The van der Waals surface area contributed by atoms with Crippen molar-refractivity contribution >= 4 is 23.4 Å². The number of rotatable bonds is 7. The molecule has 90 valence electrons. The lowest BCUT2D eigenvalue weighted by Crippen LogP contribution is -2.15. The second-order valence-electron chi connectivity index (χ2n) is 3.81. The van der Waals surface area contributed by atoms with Gasteiger partial charge in [-0.05, 0) is 48.6 Å². The third-order valence-corrected chi connectivity index (χ3v) is 3.81. The van der Waals surface area contributed by atoms with Crippen LogP contribution in [-0.4, -0.2) is 18.1 Å². The van der Waals surface area contributed by atoms with Crippen LogP contribution in [0, 0.1) is 6.92 Å². The maximum Gasteiger partial charge on any atom is 0.0435 e. The first-order valence-corrected chi connectivity index (χ1v) is 7.30. The molecule has 0 aliphatic carbocycles. The van der Waals surface area contributed by atoms with Gasteiger partial charge in [0.15, 0.2) is 0 Å². The number of hydrogen-bond acceptors (Lipinski definition) is 2. The standard InChI is InChI=1S/C13H20ClNS/c1-3-16-8-4-7-15-10-12-5-6-13(14)11(2)9-12/h5-6,9,15H,3-4,7-8,10H2,1-2H3. The summed E-state index contributed by atoms with van der Waals surface area (Å²) in [5.74, 6) is 2.47. The van der Waals surface area contributed by atoms with Gasteiger partial charge >= 0.3 is 0 Å². The first-order valence-electron chi connectivity index (χ1n) is 5.77. The molecule has 0 saturated carbocycles. The predicted molar refractivity (Wildman–Crippen MR) is 75.5 cm³/mol. The second-order valence-corrected chi connectivity index (χ2v) is 5.61. The second kappa shape index (κ2) is 7.99. The molecule has 16 heavy (non-hydrogen) atoms. The summed E-state index contributed by atoms with van der Waals surface area (Å²) in [6.45, 7) is 6.28. The Morgan fingerprint density at radius 3 is 2.88 bits per heavy atom. The lowest BCUT2D eigenvalue weighted by Gasteiger charge is -2.06. The molecule has 0 bridgehead atoms. The van der Waals surface area contributed by atoms with E-state index in [0.29, 0.717) is 0 Å². The van der Waals surface area contributed by atoms with Crippen molar-refractivity contribution in [2.24, 2.45) is 0 Å². The number of halogens is 1. The Balaban J connectivity index is 2.19. The van der Waals surface area contributed by atoms with Gasteiger partial charge in [-0.2, -0.15) is 11.8 Å². The highest BCUT2D eigenvalue weighted by Crippen LogP contribution is 2.16. The summed E-state index contributed by atoms with van der Waals surface area (Å²) in [4.78, 5) is 0. The maximum absolute atomic E-state index is 5.98. The van der Waals surface area contributed by atoms with E-state index in [1.807, 2.05) is 24.8 Å². The number of benzene rings is 1. The van der Waals surface area contributed by atoms with Crippen LogP contribution in [0.1, 0.15) is 24.5 Å². The van der Waals surface area contributed by atoms with Crippen molar-refractivity contribution in [3.05, 3.63) is 34.3 Å². The number of aryl methyl sites for hydroxylation is 1. The molecule has 3 heteroatoms. The lowest BCUT2D eigenvalue weighted by molar-refractivity contribution is 0.678. The molecule has 0 radical (unpaired) electrons. The lowest BCUT2D eigenvalue weighted by atomic mass is 10.1. The molecule has 1 rings (SSSR count). The van der Waals surface area contributed by atoms with Crippen LogP contribution in [0.3, 0.4) is 0 Å². The Bertz CT molecular complexity index is 315. The zero-order valence-electron chi connectivity index (χ0n) is 10.1. The fourth-order valence-electron chi connectivity index (χ4n) is 1.49. The van der Waals surface area contributed by atoms with Gasteiger partial charge in [0.05, 0.1) is 0 Å². The summed E-state index contributed by atoms with van der Waals surface area (Å²) >= 11 is 7.98. The van der Waals surface area contributed by atoms with Gasteiger partial charge in [0.2, 0.25) is 0 Å². The maximum atomic E-state index is 5.98. The Labute approximate surface area is 108 Å². The Morgan fingerprint density at radius 2 is 2.19 bits per heavy atom. The van der Waals surface area contributed by atoms with Gasteiger partial charge in [-0.25, -0.2) is 0 Å². The van der Waals surface area contributed by atoms with Gasteiger partial charge in [-0.1, -0.05) is 30.7 Å². The molecule has 0 heterocycles. The van der Waals surface area contributed by atoms with Gasteiger partial charge in [0, 0.05) is 11.6 Å². The molecule has 0 atom stereocenters. The van der Waals surface area contributed by atoms with E-state index in [4.69, 9.17) is 11.6 Å². The Morgan fingerprint density at radius 1 is 1.38 bits per heavy atom. The van der Waals surface area contributed by atoms with Gasteiger partial charge in [0.1, 0.15) is 0 Å². The molecule has 0 spiro atoms. The minimum Gasteiger partial charge on any atom is -0.313 e. The first-order chi connectivity index (χ1) is 7.74. The van der Waals surface area contributed by atoms with Crippen LogP contribution in [0.5, 0.6) is 0 Å². The molecule has 1 N–H and O–H groups in total. The van der Waals surface area contributed by atoms with Crippen molar-refractivity contribution in [1.29, 1.82) is 0 Å². The molecule has 0 fully saturated rings. The van der Waals surface area contributed by atoms with Gasteiger partial charge in [-0.3, -0.25) is 0 Å². The van der Waals surface area contributed by atoms with Crippen molar-refractivity contribution in [2.75, 3.05) is 18.1 Å². The van der Waals surface area contributed by atoms with Crippen LogP contribution >= 0.6 is 23.4 Å². The highest BCUT2D eigenvalue weighted by molar-refractivity contribution is 7.99. The van der Waals surface area contributed by atoms with Crippen LogP contribution in [0.2, 0.25) is 5.02 Å². The van der Waals surface area contributed by atoms with E-state index < -0.39 is 0 Å². The molecule has 1 nitrogen and oxygen atoms in total. The number of hydrogen-bond donors (Lipinski definition) is 1. The summed E-state index contributed by atoms with van der Waals surface area (Å²) < 4.78 is 0. The zero-order chi connectivity index (χ0) is 11.8. The largest absolute Gasteiger partial charge is 0.313 e. The van der Waals surface area contributed by atoms with Crippen molar-refractivity contribution in [2.45, 2.75) is 26.8 Å². The predicted octanol–water partition coefficient (Wildman–Crippen LogP) is 3.88. The topological polar surface area (TPSA) is 12.0 Å². The van der Waals surface area contributed by atoms with Crippen LogP contribution < -0.4 is 5.32 Å². The van der Waals surface area contributed by atoms with Gasteiger partial charge < -0.3 is 5.32 Å². The smallest absolute Gasteiger partial charge is 0.0435 e. The summed E-state index contributed by atoms with van der Waals surface area (Å²) in [5.41, 5.74) is 2.47. The summed E-state index contributed by atoms with van der Waals surface area (Å²) in [6, 6.07) is 6.21. The van der Waals surface area contributed by atoms with E-state index in [1.54, 1.807) is 0 Å². The van der Waals surface area contributed by atoms with E-state index >= 15 is 0 Å². The van der Waals surface area contributed by atoms with E-state index in [2.05, 4.69) is 24.4 Å². The first kappa shape index (κ1) is 13.9. The van der Waals surface area contributed by atoms with E-state index in [0.717, 1.165) is 23.7 Å². The van der Waals surface area contributed by atoms with Crippen LogP contribution in [0.15, 0.2) is 18.2 Å². The number of thioether (sulfide) groups is 1. The van der Waals surface area contributed by atoms with Crippen LogP contribution in [0.4, 0.5) is 0 Å². The summed E-state index contributed by atoms with van der Waals surface area (Å²) in [7, 11) is 0. The third-order valence-electron chi connectivity index (χ3n) is 2.40. The molecule has 0 amide bonds. The van der Waals surface area contributed by atoms with E-state index in [9.17, 15) is 0 Å². The number of nitrogens with one attached hydrogen (secondary N) is 1. The van der Waals surface area contributed by atoms with Crippen molar-refractivity contribution in [1.82, 2.24) is 5.32 Å². The highest BCUT2D eigenvalue weighted by atomic mass is 35.5. The fourth-order valence-corrected chi connectivity index (χ4v) is 2.25. The molecule has 0 unspecified atom stereocenters. The molecule has 0 saturated heterocycles. The van der Waals surface area contributed by atoms with E-state index in [1.165, 1.54) is 23.5 Å². The van der Waals surface area contributed by atoms with Crippen LogP contribution in [-0.2, 0) is 6.54 Å². The summed E-state index contributed by atoms with van der Waals surface area (Å²) in [6.07, 6.45) is 1.24. The molecule has 1 aromatic rings. The van der Waals surface area contributed by atoms with Gasteiger partial charge in [0.25, 0.3) is 0 Å². The third kappa shape index (κ3) is 5.24. The normalized spacial score (nSPS) is 10.7. The highest BCUT2D eigenvalue weighted by Gasteiger charge is 1.97. The van der Waals surface area contributed by atoms with Crippen molar-refractivity contribution in [3.8, 4) is 0 Å². The van der Waals surface area contributed by atoms with Crippen molar-refractivity contribution < 1.29 is 0 Å². The average Bonchev–Trinajstić information content (AvgIpc) is 2.28. The molecule has 0 aliphatic rings. The summed E-state index contributed by atoms with van der Waals surface area (Å²) in [5, 5.41) is 4.30. The molecule has 1 aromatic carbocycles. The molecular formula is C13H20ClNS. The monoisotopic (exact) mass is 257 g/mol. The fraction of sp³-hybridized carbons (Fsp3) is 0.538. The minimum absolute atomic E-state index is 0.850. The zero-order valence-corrected chi connectivity index (χ0v) is 11.6.